The van der Waals surface area contributed by atoms with Crippen molar-refractivity contribution in [1.29, 1.82) is 0 Å². The first-order valence-corrected chi connectivity index (χ1v) is 6.67. The lowest BCUT2D eigenvalue weighted by molar-refractivity contribution is 0.102. The molecular weight excluding hydrogens is 313 g/mol. The van der Waals surface area contributed by atoms with Crippen LogP contribution in [0.5, 0.6) is 0 Å². The molecule has 2 aromatic heterocycles. The zero-order valence-electron chi connectivity index (χ0n) is 10.5. The molecule has 0 radical (unpaired) electrons. The summed E-state index contributed by atoms with van der Waals surface area (Å²) >= 11 is 11.8. The topological polar surface area (TPSA) is 96.7 Å². The monoisotopic (exact) mass is 321 g/mol. The molecule has 2 heterocycles. The maximum atomic E-state index is 12.1. The summed E-state index contributed by atoms with van der Waals surface area (Å²) in [5, 5.41) is 3.27. The first-order valence-electron chi connectivity index (χ1n) is 5.91. The second kappa shape index (κ2) is 5.23. The number of para-hydroxylation sites is 1. The molecule has 0 saturated carbocycles. The fraction of sp³-hybridized carbons (Fsp3) is 0. The molecule has 21 heavy (non-hydrogen) atoms. The van der Waals surface area contributed by atoms with Crippen LogP contribution < -0.4 is 11.1 Å². The number of hydrogen-bond donors (Lipinski definition) is 3. The number of hydrogen-bond acceptors (Lipinski definition) is 4. The molecule has 0 aliphatic rings. The summed E-state index contributed by atoms with van der Waals surface area (Å²) < 4.78 is 0. The van der Waals surface area contributed by atoms with Gasteiger partial charge in [-0.2, -0.15) is 0 Å². The standard InChI is InChI=1S/C13H9Cl2N5O/c14-7-2-1-3-8-11(7)19-13(17-8)20-12(21)6-4-9(15)18-10(16)5-6/h1-5H,(H2,16,18)(H2,17,19,20,21). The van der Waals surface area contributed by atoms with Gasteiger partial charge < -0.3 is 10.7 Å². The molecule has 0 atom stereocenters. The number of carbonyl (C=O) groups is 1. The molecule has 1 aromatic carbocycles. The smallest absolute Gasteiger partial charge is 0.258 e. The number of nitrogens with zero attached hydrogens (tertiary/aromatic N) is 2. The number of aromatic amines is 1. The molecule has 106 valence electrons. The number of rotatable bonds is 2. The summed E-state index contributed by atoms with van der Waals surface area (Å²) in [6, 6.07) is 8.17. The molecule has 6 nitrogen and oxygen atoms in total. The Morgan fingerprint density at radius 1 is 1.24 bits per heavy atom. The highest BCUT2D eigenvalue weighted by molar-refractivity contribution is 6.35. The quantitative estimate of drug-likeness (QED) is 0.632. The van der Waals surface area contributed by atoms with Gasteiger partial charge in [0.1, 0.15) is 16.5 Å². The number of fused-ring (bicyclic) bond motifs is 1. The van der Waals surface area contributed by atoms with Gasteiger partial charge >= 0.3 is 0 Å². The summed E-state index contributed by atoms with van der Waals surface area (Å²) in [4.78, 5) is 23.1. The number of pyridine rings is 1. The predicted molar refractivity (Wildman–Crippen MR) is 82.7 cm³/mol. The van der Waals surface area contributed by atoms with E-state index < -0.39 is 5.91 Å². The average Bonchev–Trinajstić information content (AvgIpc) is 2.81. The minimum Gasteiger partial charge on any atom is -0.384 e. The van der Waals surface area contributed by atoms with Crippen LogP contribution in [0, 0.1) is 0 Å². The molecule has 0 bridgehead atoms. The first-order chi connectivity index (χ1) is 10.0. The number of H-pyrrole nitrogens is 1. The van der Waals surface area contributed by atoms with Crippen molar-refractivity contribution < 1.29 is 4.79 Å². The molecule has 3 aromatic rings. The second-order valence-electron chi connectivity index (χ2n) is 4.28. The number of nitrogen functional groups attached to an aromatic ring is 1. The van der Waals surface area contributed by atoms with Crippen LogP contribution in [-0.4, -0.2) is 20.9 Å². The SMILES string of the molecule is Nc1cc(C(=O)Nc2nc3c(Cl)cccc3[nH]2)cc(Cl)n1. The Hall–Kier alpha value is -2.31. The minimum atomic E-state index is -0.402. The van der Waals surface area contributed by atoms with Crippen LogP contribution in [0.15, 0.2) is 30.3 Å². The normalized spacial score (nSPS) is 10.8. The van der Waals surface area contributed by atoms with Crippen molar-refractivity contribution in [1.82, 2.24) is 15.0 Å². The van der Waals surface area contributed by atoms with Crippen molar-refractivity contribution in [2.24, 2.45) is 0 Å². The van der Waals surface area contributed by atoms with Crippen LogP contribution in [0.1, 0.15) is 10.4 Å². The highest BCUT2D eigenvalue weighted by Gasteiger charge is 2.12. The number of carbonyl (C=O) groups excluding carboxylic acids is 1. The van der Waals surface area contributed by atoms with Gasteiger partial charge in [-0.15, -0.1) is 0 Å². The van der Waals surface area contributed by atoms with Crippen molar-refractivity contribution in [2.45, 2.75) is 0 Å². The van der Waals surface area contributed by atoms with Gasteiger partial charge in [-0.05, 0) is 24.3 Å². The number of amides is 1. The first kappa shape index (κ1) is 13.7. The number of imidazole rings is 1. The highest BCUT2D eigenvalue weighted by atomic mass is 35.5. The number of benzene rings is 1. The zero-order valence-corrected chi connectivity index (χ0v) is 12.0. The maximum Gasteiger partial charge on any atom is 0.258 e. The van der Waals surface area contributed by atoms with Crippen LogP contribution in [0.25, 0.3) is 11.0 Å². The van der Waals surface area contributed by atoms with E-state index >= 15 is 0 Å². The van der Waals surface area contributed by atoms with E-state index in [1.165, 1.54) is 12.1 Å². The number of anilines is 2. The summed E-state index contributed by atoms with van der Waals surface area (Å²) in [7, 11) is 0. The van der Waals surface area contributed by atoms with Crippen LogP contribution in [0.2, 0.25) is 10.2 Å². The predicted octanol–water partition coefficient (Wildman–Crippen LogP) is 3.10. The van der Waals surface area contributed by atoms with E-state index in [1.807, 2.05) is 6.07 Å². The molecule has 1 amide bonds. The van der Waals surface area contributed by atoms with E-state index in [4.69, 9.17) is 28.9 Å². The zero-order chi connectivity index (χ0) is 15.0. The van der Waals surface area contributed by atoms with E-state index in [-0.39, 0.29) is 16.9 Å². The fourth-order valence-electron chi connectivity index (χ4n) is 1.88. The van der Waals surface area contributed by atoms with Crippen LogP contribution in [0.3, 0.4) is 0 Å². The third-order valence-corrected chi connectivity index (χ3v) is 3.27. The number of nitrogens with two attached hydrogens (primary N) is 1. The number of nitrogens with one attached hydrogen (secondary N) is 2. The minimum absolute atomic E-state index is 0.146. The Bertz CT molecular complexity index is 825. The highest BCUT2D eigenvalue weighted by Crippen LogP contribution is 2.23. The van der Waals surface area contributed by atoms with Crippen molar-refractivity contribution in [3.63, 3.8) is 0 Å². The fourth-order valence-corrected chi connectivity index (χ4v) is 2.32. The van der Waals surface area contributed by atoms with Crippen molar-refractivity contribution in [3.05, 3.63) is 46.1 Å². The third kappa shape index (κ3) is 2.76. The lowest BCUT2D eigenvalue weighted by Crippen LogP contribution is -2.13. The van der Waals surface area contributed by atoms with E-state index in [9.17, 15) is 4.79 Å². The van der Waals surface area contributed by atoms with Gasteiger partial charge in [-0.3, -0.25) is 10.1 Å². The van der Waals surface area contributed by atoms with Gasteiger partial charge in [0.2, 0.25) is 5.95 Å². The van der Waals surface area contributed by atoms with Gasteiger partial charge in [0, 0.05) is 5.56 Å². The van der Waals surface area contributed by atoms with Crippen molar-refractivity contribution in [2.75, 3.05) is 11.1 Å². The summed E-state index contributed by atoms with van der Waals surface area (Å²) in [6.45, 7) is 0. The molecular formula is C13H9Cl2N5O. The maximum absolute atomic E-state index is 12.1. The molecule has 0 fully saturated rings. The third-order valence-electron chi connectivity index (χ3n) is 2.77. The number of halogens is 2. The second-order valence-corrected chi connectivity index (χ2v) is 5.07. The molecule has 0 spiro atoms. The lowest BCUT2D eigenvalue weighted by atomic mass is 10.2. The molecule has 0 unspecified atom stereocenters. The lowest BCUT2D eigenvalue weighted by Gasteiger charge is -2.03. The van der Waals surface area contributed by atoms with E-state index in [0.717, 1.165) is 5.52 Å². The van der Waals surface area contributed by atoms with E-state index in [1.54, 1.807) is 12.1 Å². The van der Waals surface area contributed by atoms with Crippen molar-refractivity contribution >= 4 is 51.9 Å². The Balaban J connectivity index is 1.91. The largest absolute Gasteiger partial charge is 0.384 e. The number of aromatic nitrogens is 3. The Kier molecular flexibility index (Phi) is 3.40. The van der Waals surface area contributed by atoms with Crippen LogP contribution in [-0.2, 0) is 0 Å². The van der Waals surface area contributed by atoms with Gasteiger partial charge in [0.25, 0.3) is 5.91 Å². The summed E-state index contributed by atoms with van der Waals surface area (Å²) in [5.74, 6) is 0.0519. The molecule has 8 heteroatoms. The Morgan fingerprint density at radius 2 is 2.05 bits per heavy atom. The van der Waals surface area contributed by atoms with Gasteiger partial charge in [0.15, 0.2) is 0 Å². The summed E-state index contributed by atoms with van der Waals surface area (Å²) in [5.41, 5.74) is 7.16. The van der Waals surface area contributed by atoms with Gasteiger partial charge in [-0.25, -0.2) is 9.97 Å². The molecule has 0 aliphatic carbocycles. The summed E-state index contributed by atoms with van der Waals surface area (Å²) in [6.07, 6.45) is 0. The van der Waals surface area contributed by atoms with Gasteiger partial charge in [-0.1, -0.05) is 29.3 Å². The molecule has 3 rings (SSSR count). The van der Waals surface area contributed by atoms with E-state index in [0.29, 0.717) is 16.1 Å². The molecule has 4 N–H and O–H groups in total. The van der Waals surface area contributed by atoms with E-state index in [2.05, 4.69) is 20.3 Å². The van der Waals surface area contributed by atoms with Gasteiger partial charge in [0.05, 0.1) is 10.5 Å². The van der Waals surface area contributed by atoms with Crippen molar-refractivity contribution in [3.8, 4) is 0 Å². The molecule has 0 aliphatic heterocycles. The Labute approximate surface area is 129 Å². The van der Waals surface area contributed by atoms with Crippen LogP contribution in [0.4, 0.5) is 11.8 Å². The average molecular weight is 322 g/mol. The van der Waals surface area contributed by atoms with Crippen LogP contribution >= 0.6 is 23.2 Å². The Morgan fingerprint density at radius 3 is 2.76 bits per heavy atom. The molecule has 0 saturated heterocycles.